The van der Waals surface area contributed by atoms with Crippen molar-refractivity contribution in [1.29, 1.82) is 0 Å². The Kier molecular flexibility index (Phi) is 4.35. The molecule has 0 aliphatic carbocycles. The van der Waals surface area contributed by atoms with Gasteiger partial charge in [0.2, 0.25) is 0 Å². The second kappa shape index (κ2) is 3.47. The fourth-order valence-electron chi connectivity index (χ4n) is 0.0676. The van der Waals surface area contributed by atoms with Crippen molar-refractivity contribution in [1.82, 2.24) is 0 Å². The molecule has 0 rings (SSSR count). The van der Waals surface area contributed by atoms with Gasteiger partial charge in [0, 0.05) is 0 Å². The van der Waals surface area contributed by atoms with Gasteiger partial charge in [-0.25, -0.2) is 4.79 Å². The fourth-order valence-corrected chi connectivity index (χ4v) is 0.0676. The average Bonchev–Trinajstić information content (AvgIpc) is 1.67. The van der Waals surface area contributed by atoms with Crippen molar-refractivity contribution in [2.24, 2.45) is 0 Å². The minimum Gasteiger partial charge on any atom is -0.479 e. The predicted molar refractivity (Wildman–Crippen MR) is 35.3 cm³/mol. The number of hydrogen-bond acceptors (Lipinski definition) is 3. The van der Waals surface area contributed by atoms with E-state index in [2.05, 4.69) is 0 Å². The molecule has 0 aromatic carbocycles. The van der Waals surface area contributed by atoms with Crippen LogP contribution in [0, 0.1) is 0 Å². The van der Waals surface area contributed by atoms with Gasteiger partial charge in [0.25, 0.3) is 0 Å². The molecule has 3 N–H and O–H groups in total. The van der Waals surface area contributed by atoms with Gasteiger partial charge in [-0.05, 0) is 6.92 Å². The van der Waals surface area contributed by atoms with Gasteiger partial charge in [0.1, 0.15) is 0 Å². The number of rotatable bonds is 2. The van der Waals surface area contributed by atoms with E-state index in [9.17, 15) is 4.79 Å². The zero-order chi connectivity index (χ0) is 6.78. The second-order valence-corrected chi connectivity index (χ2v) is 1.74. The van der Waals surface area contributed by atoms with E-state index >= 15 is 0 Å². The molecule has 9 heavy (non-hydrogen) atoms. The van der Waals surface area contributed by atoms with Crippen LogP contribution in [-0.4, -0.2) is 41.9 Å². The Morgan fingerprint density at radius 2 is 2.00 bits per heavy atom. The molecule has 1 unspecified atom stereocenters. The quantitative estimate of drug-likeness (QED) is 0.369. The smallest absolute Gasteiger partial charge is 0.337 e. The summed E-state index contributed by atoms with van der Waals surface area (Å²) in [6.07, 6.45) is 0. The summed E-state index contributed by atoms with van der Waals surface area (Å²) in [5, 5.41) is 24.7. The highest BCUT2D eigenvalue weighted by Gasteiger charge is 2.28. The number of carbonyl (C=O) groups is 1. The minimum atomic E-state index is -1.99. The lowest BCUT2D eigenvalue weighted by Crippen LogP contribution is -2.38. The van der Waals surface area contributed by atoms with E-state index in [1.54, 1.807) is 0 Å². The average molecular weight is 134 g/mol. The highest BCUT2D eigenvalue weighted by atomic mass is 16.4. The molecule has 0 amide bonds. The Hall–Kier alpha value is -0.545. The third kappa shape index (κ3) is 3.10. The molecule has 0 bridgehead atoms. The molecular formula is C4H11BO4. The van der Waals surface area contributed by atoms with Gasteiger partial charge in [-0.2, -0.15) is 0 Å². The Labute approximate surface area is 54.7 Å². The molecule has 0 spiro atoms. The zero-order valence-corrected chi connectivity index (χ0v) is 4.46. The summed E-state index contributed by atoms with van der Waals surface area (Å²) in [5.41, 5.74) is -1.99. The summed E-state index contributed by atoms with van der Waals surface area (Å²) in [4.78, 5) is 9.84. The molecule has 0 aliphatic rings. The SMILES string of the molecule is B.CC(O)(CO)C(=O)O. The van der Waals surface area contributed by atoms with Crippen LogP contribution in [0.25, 0.3) is 0 Å². The van der Waals surface area contributed by atoms with Crippen LogP contribution in [0.4, 0.5) is 0 Å². The van der Waals surface area contributed by atoms with Crippen LogP contribution in [0.15, 0.2) is 0 Å². The first kappa shape index (κ1) is 11.3. The normalized spacial score (nSPS) is 15.4. The summed E-state index contributed by atoms with van der Waals surface area (Å²) in [6.45, 7) is 0.262. The van der Waals surface area contributed by atoms with Crippen molar-refractivity contribution in [3.63, 3.8) is 0 Å². The third-order valence-electron chi connectivity index (χ3n) is 0.769. The predicted octanol–water partition coefficient (Wildman–Crippen LogP) is -2.37. The molecule has 0 radical (unpaired) electrons. The van der Waals surface area contributed by atoms with Gasteiger partial charge >= 0.3 is 5.97 Å². The molecule has 0 saturated heterocycles. The standard InChI is InChI=1S/C4H8O4.BH3/c1-4(8,2-5)3(6)7;/h5,8H,2H2,1H3,(H,6,7);1H3. The van der Waals surface area contributed by atoms with E-state index in [0.29, 0.717) is 0 Å². The lowest BCUT2D eigenvalue weighted by atomic mass is 10.1. The van der Waals surface area contributed by atoms with Crippen molar-refractivity contribution in [3.8, 4) is 0 Å². The fraction of sp³-hybridized carbons (Fsp3) is 0.750. The van der Waals surface area contributed by atoms with Gasteiger partial charge < -0.3 is 15.3 Å². The van der Waals surface area contributed by atoms with Crippen LogP contribution in [0.2, 0.25) is 0 Å². The molecular weight excluding hydrogens is 123 g/mol. The summed E-state index contributed by atoms with van der Waals surface area (Å²) in [6, 6.07) is 0. The summed E-state index contributed by atoms with van der Waals surface area (Å²) < 4.78 is 0. The maximum absolute atomic E-state index is 9.84. The topological polar surface area (TPSA) is 77.8 Å². The van der Waals surface area contributed by atoms with Crippen LogP contribution in [0.1, 0.15) is 6.92 Å². The maximum atomic E-state index is 9.84. The molecule has 4 nitrogen and oxygen atoms in total. The van der Waals surface area contributed by atoms with Gasteiger partial charge in [-0.3, -0.25) is 0 Å². The van der Waals surface area contributed by atoms with Crippen LogP contribution < -0.4 is 0 Å². The van der Waals surface area contributed by atoms with E-state index in [0.717, 1.165) is 6.92 Å². The van der Waals surface area contributed by atoms with E-state index < -0.39 is 18.2 Å². The summed E-state index contributed by atoms with van der Waals surface area (Å²) in [7, 11) is 0. The molecule has 0 heterocycles. The zero-order valence-electron chi connectivity index (χ0n) is 4.46. The van der Waals surface area contributed by atoms with Crippen LogP contribution in [0.5, 0.6) is 0 Å². The van der Waals surface area contributed by atoms with Crippen molar-refractivity contribution < 1.29 is 20.1 Å². The number of hydrogen-bond donors (Lipinski definition) is 3. The lowest BCUT2D eigenvalue weighted by Gasteiger charge is -2.12. The van der Waals surface area contributed by atoms with E-state index in [-0.39, 0.29) is 8.41 Å². The number of aliphatic hydroxyl groups is 2. The molecule has 1 atom stereocenters. The van der Waals surface area contributed by atoms with Gasteiger partial charge in [0.05, 0.1) is 15.0 Å². The maximum Gasteiger partial charge on any atom is 0.337 e. The number of aliphatic hydroxyl groups excluding tert-OH is 1. The van der Waals surface area contributed by atoms with Crippen molar-refractivity contribution in [3.05, 3.63) is 0 Å². The van der Waals surface area contributed by atoms with E-state index in [1.165, 1.54) is 0 Å². The van der Waals surface area contributed by atoms with Crippen LogP contribution in [0.3, 0.4) is 0 Å². The van der Waals surface area contributed by atoms with Gasteiger partial charge in [0.15, 0.2) is 5.60 Å². The first-order chi connectivity index (χ1) is 3.50. The third-order valence-corrected chi connectivity index (χ3v) is 0.769. The molecule has 5 heteroatoms. The van der Waals surface area contributed by atoms with Gasteiger partial charge in [-0.1, -0.05) is 0 Å². The monoisotopic (exact) mass is 134 g/mol. The minimum absolute atomic E-state index is 0. The van der Waals surface area contributed by atoms with Crippen molar-refractivity contribution >= 4 is 14.4 Å². The van der Waals surface area contributed by atoms with Crippen molar-refractivity contribution in [2.45, 2.75) is 12.5 Å². The molecule has 0 fully saturated rings. The summed E-state index contributed by atoms with van der Waals surface area (Å²) >= 11 is 0. The first-order valence-corrected chi connectivity index (χ1v) is 2.07. The largest absolute Gasteiger partial charge is 0.479 e. The van der Waals surface area contributed by atoms with Crippen LogP contribution in [-0.2, 0) is 4.79 Å². The molecule has 54 valence electrons. The molecule has 0 aromatic rings. The highest BCUT2D eigenvalue weighted by molar-refractivity contribution is 5.76. The Morgan fingerprint density at radius 3 is 2.00 bits per heavy atom. The number of carboxylic acid groups (broad SMARTS) is 1. The number of carboxylic acids is 1. The van der Waals surface area contributed by atoms with E-state index in [1.807, 2.05) is 0 Å². The highest BCUT2D eigenvalue weighted by Crippen LogP contribution is 1.99. The number of aliphatic carboxylic acids is 1. The Bertz CT molecular complexity index is 101. The Balaban J connectivity index is 0. The first-order valence-electron chi connectivity index (χ1n) is 2.07. The van der Waals surface area contributed by atoms with E-state index in [4.69, 9.17) is 15.3 Å². The molecule has 0 aromatic heterocycles. The van der Waals surface area contributed by atoms with Crippen LogP contribution >= 0.6 is 0 Å². The van der Waals surface area contributed by atoms with Crippen molar-refractivity contribution in [2.75, 3.05) is 6.61 Å². The molecule has 0 saturated carbocycles. The molecule has 0 aliphatic heterocycles. The Morgan fingerprint density at radius 1 is 1.67 bits per heavy atom. The summed E-state index contributed by atoms with van der Waals surface area (Å²) in [5.74, 6) is -1.42. The second-order valence-electron chi connectivity index (χ2n) is 1.74. The lowest BCUT2D eigenvalue weighted by molar-refractivity contribution is -0.160. The van der Waals surface area contributed by atoms with Gasteiger partial charge in [-0.15, -0.1) is 0 Å².